The summed E-state index contributed by atoms with van der Waals surface area (Å²) in [7, 11) is 1.91. The Morgan fingerprint density at radius 1 is 1.64 bits per heavy atom. The molecule has 1 aliphatic rings. The van der Waals surface area contributed by atoms with Gasteiger partial charge in [-0.1, -0.05) is 0 Å². The van der Waals surface area contributed by atoms with E-state index in [-0.39, 0.29) is 6.10 Å². The number of carbonyl (C=O) groups is 1. The normalized spacial score (nSPS) is 28.6. The molecule has 1 unspecified atom stereocenters. The van der Waals surface area contributed by atoms with Gasteiger partial charge in [0.2, 0.25) is 5.91 Å². The molecule has 1 amide bonds. The number of aliphatic hydroxyl groups excluding tert-OH is 1. The Hall–Kier alpha value is -0.650. The summed E-state index contributed by atoms with van der Waals surface area (Å²) in [6.07, 6.45) is 1.59. The predicted molar refractivity (Wildman–Crippen MR) is 53.4 cm³/mol. The zero-order chi connectivity index (χ0) is 10.7. The quantitative estimate of drug-likeness (QED) is 0.505. The van der Waals surface area contributed by atoms with Crippen LogP contribution in [-0.2, 0) is 4.79 Å². The summed E-state index contributed by atoms with van der Waals surface area (Å²) in [6, 6.07) is -0.593. The van der Waals surface area contributed by atoms with Gasteiger partial charge in [0.1, 0.15) is 0 Å². The van der Waals surface area contributed by atoms with Gasteiger partial charge < -0.3 is 21.5 Å². The number of carbonyl (C=O) groups excluding carboxylic acids is 1. The van der Waals surface area contributed by atoms with Crippen LogP contribution >= 0.6 is 0 Å². The molecular formula is C9H19N3O2. The van der Waals surface area contributed by atoms with Crippen LogP contribution in [0.5, 0.6) is 0 Å². The smallest absolute Gasteiger partial charge is 0.235 e. The number of amides is 1. The van der Waals surface area contributed by atoms with Gasteiger partial charge in [-0.15, -0.1) is 0 Å². The second kappa shape index (κ2) is 4.72. The SMILES string of the molecule is CN(CC1CC(O)C1)CC(N)C(N)=O. The monoisotopic (exact) mass is 201 g/mol. The van der Waals surface area contributed by atoms with Crippen LogP contribution < -0.4 is 11.5 Å². The summed E-state index contributed by atoms with van der Waals surface area (Å²) in [4.78, 5) is 12.7. The molecule has 1 aliphatic carbocycles. The molecule has 0 aromatic carbocycles. The molecule has 5 nitrogen and oxygen atoms in total. The number of nitrogens with two attached hydrogens (primary N) is 2. The average molecular weight is 201 g/mol. The van der Waals surface area contributed by atoms with E-state index in [1.54, 1.807) is 0 Å². The van der Waals surface area contributed by atoms with E-state index in [1.165, 1.54) is 0 Å². The number of aliphatic hydroxyl groups is 1. The minimum Gasteiger partial charge on any atom is -0.393 e. The van der Waals surface area contributed by atoms with Crippen LogP contribution in [0.1, 0.15) is 12.8 Å². The van der Waals surface area contributed by atoms with Crippen molar-refractivity contribution in [3.8, 4) is 0 Å². The summed E-state index contributed by atoms with van der Waals surface area (Å²) in [6.45, 7) is 1.36. The number of likely N-dealkylation sites (N-methyl/N-ethyl adjacent to an activating group) is 1. The minimum absolute atomic E-state index is 0.127. The van der Waals surface area contributed by atoms with Gasteiger partial charge in [0.05, 0.1) is 12.1 Å². The molecule has 5 heteroatoms. The van der Waals surface area contributed by atoms with Crippen molar-refractivity contribution in [1.29, 1.82) is 0 Å². The summed E-state index contributed by atoms with van der Waals surface area (Å²) in [5.41, 5.74) is 10.6. The van der Waals surface area contributed by atoms with E-state index in [4.69, 9.17) is 16.6 Å². The van der Waals surface area contributed by atoms with Crippen LogP contribution in [0.25, 0.3) is 0 Å². The fraction of sp³-hybridized carbons (Fsp3) is 0.889. The molecule has 0 aromatic rings. The van der Waals surface area contributed by atoms with Gasteiger partial charge >= 0.3 is 0 Å². The zero-order valence-corrected chi connectivity index (χ0v) is 8.52. The Bertz CT molecular complexity index is 204. The Labute approximate surface area is 84.0 Å². The lowest BCUT2D eigenvalue weighted by molar-refractivity contribution is -0.119. The largest absolute Gasteiger partial charge is 0.393 e. The van der Waals surface area contributed by atoms with Crippen LogP contribution in [-0.4, -0.2) is 48.2 Å². The third-order valence-corrected chi connectivity index (χ3v) is 2.65. The first kappa shape index (κ1) is 11.4. The van der Waals surface area contributed by atoms with E-state index in [1.807, 2.05) is 11.9 Å². The van der Waals surface area contributed by atoms with Gasteiger partial charge in [-0.05, 0) is 25.8 Å². The summed E-state index contributed by atoms with van der Waals surface area (Å²) in [5, 5.41) is 9.08. The molecule has 1 saturated carbocycles. The molecule has 82 valence electrons. The van der Waals surface area contributed by atoms with E-state index < -0.39 is 11.9 Å². The lowest BCUT2D eigenvalue weighted by Crippen LogP contribution is -2.47. The highest BCUT2D eigenvalue weighted by atomic mass is 16.3. The van der Waals surface area contributed by atoms with Crippen LogP contribution in [0.3, 0.4) is 0 Å². The van der Waals surface area contributed by atoms with Crippen molar-refractivity contribution in [3.63, 3.8) is 0 Å². The first-order chi connectivity index (χ1) is 6.49. The van der Waals surface area contributed by atoms with Gasteiger partial charge in [0.15, 0.2) is 0 Å². The number of nitrogens with zero attached hydrogens (tertiary/aromatic N) is 1. The van der Waals surface area contributed by atoms with Crippen molar-refractivity contribution >= 4 is 5.91 Å². The molecule has 0 saturated heterocycles. The third kappa shape index (κ3) is 3.25. The maximum Gasteiger partial charge on any atom is 0.235 e. The second-order valence-corrected chi connectivity index (χ2v) is 4.22. The maximum absolute atomic E-state index is 10.7. The number of rotatable bonds is 5. The molecule has 0 spiro atoms. The highest BCUT2D eigenvalue weighted by Gasteiger charge is 2.28. The molecule has 1 rings (SSSR count). The van der Waals surface area contributed by atoms with Crippen molar-refractivity contribution in [2.24, 2.45) is 17.4 Å². The molecule has 0 bridgehead atoms. The predicted octanol–water partition coefficient (Wildman–Crippen LogP) is -1.50. The molecule has 0 radical (unpaired) electrons. The van der Waals surface area contributed by atoms with E-state index in [0.29, 0.717) is 12.5 Å². The van der Waals surface area contributed by atoms with Gasteiger partial charge in [-0.2, -0.15) is 0 Å². The topological polar surface area (TPSA) is 92.6 Å². The zero-order valence-electron chi connectivity index (χ0n) is 8.52. The van der Waals surface area contributed by atoms with Crippen molar-refractivity contribution < 1.29 is 9.90 Å². The summed E-state index contributed by atoms with van der Waals surface area (Å²) >= 11 is 0. The third-order valence-electron chi connectivity index (χ3n) is 2.65. The fourth-order valence-corrected chi connectivity index (χ4v) is 1.79. The van der Waals surface area contributed by atoms with Crippen LogP contribution in [0.4, 0.5) is 0 Å². The standard InChI is InChI=1S/C9H19N3O2/c1-12(5-8(10)9(11)14)4-6-2-7(13)3-6/h6-8,13H,2-5,10H2,1H3,(H2,11,14). The Kier molecular flexibility index (Phi) is 3.86. The first-order valence-corrected chi connectivity index (χ1v) is 4.90. The van der Waals surface area contributed by atoms with Crippen LogP contribution in [0, 0.1) is 5.92 Å². The van der Waals surface area contributed by atoms with Crippen LogP contribution in [0.2, 0.25) is 0 Å². The Morgan fingerprint density at radius 2 is 2.21 bits per heavy atom. The highest BCUT2D eigenvalue weighted by molar-refractivity contribution is 5.79. The summed E-state index contributed by atoms with van der Waals surface area (Å²) in [5.74, 6) is 0.0700. The van der Waals surface area contributed by atoms with Gasteiger partial charge in [-0.25, -0.2) is 0 Å². The molecule has 14 heavy (non-hydrogen) atoms. The average Bonchev–Trinajstić information content (AvgIpc) is 2.01. The summed E-state index contributed by atoms with van der Waals surface area (Å²) < 4.78 is 0. The first-order valence-electron chi connectivity index (χ1n) is 4.90. The molecule has 1 atom stereocenters. The number of primary amides is 1. The fourth-order valence-electron chi connectivity index (χ4n) is 1.79. The molecule has 1 fully saturated rings. The molecule has 0 aromatic heterocycles. The van der Waals surface area contributed by atoms with E-state index in [0.717, 1.165) is 19.4 Å². The van der Waals surface area contributed by atoms with E-state index in [9.17, 15) is 4.79 Å². The lowest BCUT2D eigenvalue weighted by Gasteiger charge is -2.34. The lowest BCUT2D eigenvalue weighted by atomic mass is 9.82. The molecule has 0 aliphatic heterocycles. The van der Waals surface area contributed by atoms with Crippen molar-refractivity contribution in [3.05, 3.63) is 0 Å². The minimum atomic E-state index is -0.593. The van der Waals surface area contributed by atoms with Gasteiger partial charge in [0.25, 0.3) is 0 Å². The number of hydrogen-bond donors (Lipinski definition) is 3. The molecular weight excluding hydrogens is 182 g/mol. The van der Waals surface area contributed by atoms with Gasteiger partial charge in [0, 0.05) is 13.1 Å². The van der Waals surface area contributed by atoms with Gasteiger partial charge in [-0.3, -0.25) is 4.79 Å². The van der Waals surface area contributed by atoms with E-state index >= 15 is 0 Å². The highest BCUT2D eigenvalue weighted by Crippen LogP contribution is 2.27. The Balaban J connectivity index is 2.15. The molecule has 5 N–H and O–H groups in total. The maximum atomic E-state index is 10.7. The Morgan fingerprint density at radius 3 is 2.64 bits per heavy atom. The number of hydrogen-bond acceptors (Lipinski definition) is 4. The van der Waals surface area contributed by atoms with E-state index in [2.05, 4.69) is 0 Å². The van der Waals surface area contributed by atoms with Crippen molar-refractivity contribution in [2.45, 2.75) is 25.0 Å². The molecule has 0 heterocycles. The van der Waals surface area contributed by atoms with Crippen molar-refractivity contribution in [2.75, 3.05) is 20.1 Å². The van der Waals surface area contributed by atoms with Crippen molar-refractivity contribution in [1.82, 2.24) is 4.90 Å². The second-order valence-electron chi connectivity index (χ2n) is 4.22. The van der Waals surface area contributed by atoms with Crippen LogP contribution in [0.15, 0.2) is 0 Å².